The van der Waals surface area contributed by atoms with Crippen LogP contribution in [0.2, 0.25) is 0 Å². The van der Waals surface area contributed by atoms with Crippen molar-refractivity contribution in [2.75, 3.05) is 7.11 Å². The van der Waals surface area contributed by atoms with E-state index in [0.717, 1.165) is 15.9 Å². The number of methoxy groups -OCH3 is 1. The van der Waals surface area contributed by atoms with Gasteiger partial charge < -0.3 is 9.84 Å². The third kappa shape index (κ3) is 2.70. The van der Waals surface area contributed by atoms with Crippen molar-refractivity contribution in [1.82, 2.24) is 14.8 Å². The first-order valence-electron chi connectivity index (χ1n) is 5.46. The van der Waals surface area contributed by atoms with Crippen LogP contribution in [-0.4, -0.2) is 27.0 Å². The van der Waals surface area contributed by atoms with Crippen molar-refractivity contribution in [3.8, 4) is 5.75 Å². The summed E-state index contributed by atoms with van der Waals surface area (Å²) < 4.78 is 7.65. The van der Waals surface area contributed by atoms with E-state index >= 15 is 0 Å². The topological polar surface area (TPSA) is 60.2 Å². The van der Waals surface area contributed by atoms with Crippen molar-refractivity contribution in [3.05, 3.63) is 40.4 Å². The van der Waals surface area contributed by atoms with Crippen LogP contribution >= 0.6 is 15.9 Å². The van der Waals surface area contributed by atoms with E-state index in [0.29, 0.717) is 12.2 Å². The van der Waals surface area contributed by atoms with Crippen molar-refractivity contribution in [1.29, 1.82) is 0 Å². The van der Waals surface area contributed by atoms with E-state index in [1.54, 1.807) is 18.8 Å². The molecular weight excluding hydrogens is 298 g/mol. The first-order valence-corrected chi connectivity index (χ1v) is 6.25. The second kappa shape index (κ2) is 5.49. The second-order valence-electron chi connectivity index (χ2n) is 3.91. The van der Waals surface area contributed by atoms with Crippen LogP contribution in [0.3, 0.4) is 0 Å². The molecule has 0 amide bonds. The van der Waals surface area contributed by atoms with E-state index < -0.39 is 6.10 Å². The number of rotatable bonds is 4. The van der Waals surface area contributed by atoms with E-state index in [1.165, 1.54) is 6.33 Å². The molecule has 0 aliphatic heterocycles. The first kappa shape index (κ1) is 13.0. The van der Waals surface area contributed by atoms with Crippen molar-refractivity contribution in [2.45, 2.75) is 12.5 Å². The molecule has 0 bridgehead atoms. The molecule has 0 fully saturated rings. The van der Waals surface area contributed by atoms with E-state index in [4.69, 9.17) is 4.74 Å². The maximum Gasteiger partial charge on any atom is 0.138 e. The number of aliphatic hydroxyl groups excluding tert-OH is 1. The van der Waals surface area contributed by atoms with E-state index in [2.05, 4.69) is 26.0 Å². The molecule has 2 aromatic rings. The second-order valence-corrected chi connectivity index (χ2v) is 4.76. The van der Waals surface area contributed by atoms with Gasteiger partial charge in [-0.2, -0.15) is 5.10 Å². The van der Waals surface area contributed by atoms with Crippen molar-refractivity contribution >= 4 is 15.9 Å². The Balaban J connectivity index is 2.23. The molecule has 0 saturated heterocycles. The zero-order valence-electron chi connectivity index (χ0n) is 10.2. The lowest BCUT2D eigenvalue weighted by Crippen LogP contribution is -2.08. The zero-order valence-corrected chi connectivity index (χ0v) is 11.8. The van der Waals surface area contributed by atoms with Crippen LogP contribution in [0.4, 0.5) is 0 Å². The highest BCUT2D eigenvalue weighted by atomic mass is 79.9. The van der Waals surface area contributed by atoms with Gasteiger partial charge in [0.2, 0.25) is 0 Å². The third-order valence-electron chi connectivity index (χ3n) is 2.74. The maximum absolute atomic E-state index is 10.3. The van der Waals surface area contributed by atoms with Crippen LogP contribution in [0, 0.1) is 0 Å². The number of hydrogen-bond donors (Lipinski definition) is 1. The smallest absolute Gasteiger partial charge is 0.138 e. The average molecular weight is 312 g/mol. The molecule has 1 aromatic carbocycles. The summed E-state index contributed by atoms with van der Waals surface area (Å²) in [6.07, 6.45) is 1.22. The Morgan fingerprint density at radius 2 is 2.28 bits per heavy atom. The highest BCUT2D eigenvalue weighted by Crippen LogP contribution is 2.29. The van der Waals surface area contributed by atoms with Crippen LogP contribution in [-0.2, 0) is 13.5 Å². The van der Waals surface area contributed by atoms with E-state index in [9.17, 15) is 5.11 Å². The van der Waals surface area contributed by atoms with Crippen LogP contribution in [0.25, 0.3) is 0 Å². The average Bonchev–Trinajstić information content (AvgIpc) is 2.75. The van der Waals surface area contributed by atoms with Gasteiger partial charge in [0.15, 0.2) is 0 Å². The number of aryl methyl sites for hydroxylation is 1. The van der Waals surface area contributed by atoms with Gasteiger partial charge in [0.25, 0.3) is 0 Å². The van der Waals surface area contributed by atoms with Crippen LogP contribution in [0.15, 0.2) is 29.0 Å². The summed E-state index contributed by atoms with van der Waals surface area (Å²) in [6.45, 7) is 0. The third-order valence-corrected chi connectivity index (χ3v) is 3.47. The molecular formula is C12H14BrN3O2. The number of aromatic nitrogens is 3. The van der Waals surface area contributed by atoms with Gasteiger partial charge in [-0.1, -0.05) is 15.9 Å². The van der Waals surface area contributed by atoms with Crippen molar-refractivity contribution in [2.24, 2.45) is 7.05 Å². The fourth-order valence-electron chi connectivity index (χ4n) is 1.69. The molecule has 1 heterocycles. The summed E-state index contributed by atoms with van der Waals surface area (Å²) in [4.78, 5) is 4.10. The monoisotopic (exact) mass is 311 g/mol. The Morgan fingerprint density at radius 1 is 1.50 bits per heavy atom. The SMILES string of the molecule is COc1ccc(Br)c(C(O)Cc2ncnn2C)c1. The minimum absolute atomic E-state index is 0.405. The maximum atomic E-state index is 10.3. The molecule has 0 aliphatic rings. The minimum atomic E-state index is -0.655. The van der Waals surface area contributed by atoms with E-state index in [-0.39, 0.29) is 0 Å². The standard InChI is InChI=1S/C12H14BrN3O2/c1-16-12(14-7-15-16)6-11(17)9-5-8(18-2)3-4-10(9)13/h3-5,7,11,17H,6H2,1-2H3. The van der Waals surface area contributed by atoms with Crippen LogP contribution in [0.1, 0.15) is 17.5 Å². The summed E-state index contributed by atoms with van der Waals surface area (Å²) in [5.74, 6) is 1.45. The fraction of sp³-hybridized carbons (Fsp3) is 0.333. The van der Waals surface area contributed by atoms with Gasteiger partial charge in [0, 0.05) is 17.9 Å². The number of ether oxygens (including phenoxy) is 1. The zero-order chi connectivity index (χ0) is 13.1. The Kier molecular flexibility index (Phi) is 3.98. The number of hydrogen-bond acceptors (Lipinski definition) is 4. The van der Waals surface area contributed by atoms with Gasteiger partial charge >= 0.3 is 0 Å². The summed E-state index contributed by atoms with van der Waals surface area (Å²) in [6, 6.07) is 5.50. The fourth-order valence-corrected chi connectivity index (χ4v) is 2.20. The Labute approximate surface area is 114 Å². The lowest BCUT2D eigenvalue weighted by molar-refractivity contribution is 0.173. The van der Waals surface area contributed by atoms with Gasteiger partial charge in [-0.05, 0) is 23.8 Å². The Hall–Kier alpha value is -1.40. The molecule has 1 atom stereocenters. The van der Waals surface area contributed by atoms with Crippen molar-refractivity contribution in [3.63, 3.8) is 0 Å². The lowest BCUT2D eigenvalue weighted by atomic mass is 10.1. The molecule has 0 radical (unpaired) electrons. The number of aliphatic hydroxyl groups is 1. The number of benzene rings is 1. The highest BCUT2D eigenvalue weighted by molar-refractivity contribution is 9.10. The summed E-state index contributed by atoms with van der Waals surface area (Å²) in [5, 5.41) is 14.2. The first-order chi connectivity index (χ1) is 8.61. The predicted octanol–water partition coefficient (Wildman–Crippen LogP) is 1.86. The van der Waals surface area contributed by atoms with Gasteiger partial charge in [0.1, 0.15) is 17.9 Å². The molecule has 96 valence electrons. The van der Waals surface area contributed by atoms with Crippen LogP contribution in [0.5, 0.6) is 5.75 Å². The Morgan fingerprint density at radius 3 is 2.89 bits per heavy atom. The Bertz CT molecular complexity index is 542. The van der Waals surface area contributed by atoms with Gasteiger partial charge in [-0.3, -0.25) is 4.68 Å². The molecule has 6 heteroatoms. The molecule has 0 saturated carbocycles. The molecule has 5 nitrogen and oxygen atoms in total. The quantitative estimate of drug-likeness (QED) is 0.936. The summed E-state index contributed by atoms with van der Waals surface area (Å²) >= 11 is 3.42. The molecule has 18 heavy (non-hydrogen) atoms. The van der Waals surface area contributed by atoms with Gasteiger partial charge in [0.05, 0.1) is 13.2 Å². The van der Waals surface area contributed by atoms with E-state index in [1.807, 2.05) is 18.2 Å². The molecule has 0 aliphatic carbocycles. The number of halogens is 1. The molecule has 2 rings (SSSR count). The highest BCUT2D eigenvalue weighted by Gasteiger charge is 2.15. The van der Waals surface area contributed by atoms with Gasteiger partial charge in [-0.25, -0.2) is 4.98 Å². The van der Waals surface area contributed by atoms with Crippen LogP contribution < -0.4 is 4.74 Å². The molecule has 1 N–H and O–H groups in total. The van der Waals surface area contributed by atoms with Crippen molar-refractivity contribution < 1.29 is 9.84 Å². The minimum Gasteiger partial charge on any atom is -0.497 e. The van der Waals surface area contributed by atoms with Gasteiger partial charge in [-0.15, -0.1) is 0 Å². The largest absolute Gasteiger partial charge is 0.497 e. The molecule has 0 spiro atoms. The molecule has 1 aromatic heterocycles. The summed E-state index contributed by atoms with van der Waals surface area (Å²) in [7, 11) is 3.40. The number of nitrogens with zero attached hydrogens (tertiary/aromatic N) is 3. The normalized spacial score (nSPS) is 12.4. The lowest BCUT2D eigenvalue weighted by Gasteiger charge is -2.13. The summed E-state index contributed by atoms with van der Waals surface area (Å²) in [5.41, 5.74) is 0.775. The molecule has 1 unspecified atom stereocenters. The predicted molar refractivity (Wildman–Crippen MR) is 70.4 cm³/mol.